The smallest absolute Gasteiger partial charge is 0.203 e. The van der Waals surface area contributed by atoms with Crippen LogP contribution in [0.25, 0.3) is 5.69 Å². The maximum atomic E-state index is 6.03. The molecule has 1 saturated carbocycles. The summed E-state index contributed by atoms with van der Waals surface area (Å²) in [5.41, 5.74) is 4.13. The summed E-state index contributed by atoms with van der Waals surface area (Å²) in [5.74, 6) is 1.06. The molecule has 2 heterocycles. The van der Waals surface area contributed by atoms with Gasteiger partial charge in [0, 0.05) is 17.8 Å². The van der Waals surface area contributed by atoms with Gasteiger partial charge in [0.1, 0.15) is 0 Å². The summed E-state index contributed by atoms with van der Waals surface area (Å²) in [6.45, 7) is 3.94. The van der Waals surface area contributed by atoms with E-state index in [0.717, 1.165) is 42.6 Å². The summed E-state index contributed by atoms with van der Waals surface area (Å²) in [6, 6.07) is 20.6. The van der Waals surface area contributed by atoms with E-state index in [1.807, 2.05) is 0 Å². The predicted octanol–water partition coefficient (Wildman–Crippen LogP) is 5.11. The molecule has 0 bridgehead atoms. The highest BCUT2D eigenvalue weighted by Crippen LogP contribution is 2.42. The minimum Gasteiger partial charge on any atom is -0.296 e. The van der Waals surface area contributed by atoms with E-state index in [4.69, 9.17) is 17.3 Å². The monoisotopic (exact) mass is 445 g/mol. The fraction of sp³-hybridized carbons (Fsp3) is 0.462. The molecule has 2 aromatic carbocycles. The molecule has 1 atom stereocenters. The molecule has 6 rings (SSSR count). The molecule has 1 unspecified atom stereocenters. The van der Waals surface area contributed by atoms with Crippen molar-refractivity contribution in [3.8, 4) is 5.69 Å². The van der Waals surface area contributed by atoms with Gasteiger partial charge in [0.25, 0.3) is 0 Å². The molecule has 0 amide bonds. The van der Waals surface area contributed by atoms with Crippen LogP contribution < -0.4 is 0 Å². The highest BCUT2D eigenvalue weighted by molar-refractivity contribution is 7.71. The van der Waals surface area contributed by atoms with Gasteiger partial charge in [-0.2, -0.15) is 5.10 Å². The van der Waals surface area contributed by atoms with E-state index in [1.165, 1.54) is 49.7 Å². The zero-order valence-electron chi connectivity index (χ0n) is 18.6. The third-order valence-corrected chi connectivity index (χ3v) is 7.69. The summed E-state index contributed by atoms with van der Waals surface area (Å²) in [5, 5.41) is 5.12. The molecule has 166 valence electrons. The minimum atomic E-state index is 0.476. The Morgan fingerprint density at radius 2 is 1.69 bits per heavy atom. The molecule has 3 aliphatic rings. The van der Waals surface area contributed by atoms with Crippen LogP contribution in [0.1, 0.15) is 55.1 Å². The predicted molar refractivity (Wildman–Crippen MR) is 129 cm³/mol. The van der Waals surface area contributed by atoms with Gasteiger partial charge in [0.2, 0.25) is 4.77 Å². The molecule has 2 aliphatic carbocycles. The minimum absolute atomic E-state index is 0.476. The average Bonchev–Trinajstić information content (AvgIpc) is 3.23. The first-order chi connectivity index (χ1) is 15.8. The van der Waals surface area contributed by atoms with Crippen LogP contribution in [0.5, 0.6) is 0 Å². The van der Waals surface area contributed by atoms with Crippen LogP contribution in [-0.2, 0) is 19.6 Å². The van der Waals surface area contributed by atoms with Crippen molar-refractivity contribution in [3.63, 3.8) is 0 Å². The number of hydrogen-bond donors (Lipinski definition) is 0. The van der Waals surface area contributed by atoms with E-state index in [0.29, 0.717) is 12.1 Å². The van der Waals surface area contributed by atoms with Crippen molar-refractivity contribution in [3.05, 3.63) is 76.3 Å². The van der Waals surface area contributed by atoms with Gasteiger partial charge >= 0.3 is 0 Å². The van der Waals surface area contributed by atoms with E-state index >= 15 is 0 Å². The van der Waals surface area contributed by atoms with Crippen molar-refractivity contribution in [1.82, 2.24) is 24.1 Å². The Bertz CT molecular complexity index is 1140. The first-order valence-corrected chi connectivity index (χ1v) is 12.5. The molecule has 5 nitrogen and oxygen atoms in total. The second-order valence-electron chi connectivity index (χ2n) is 9.49. The van der Waals surface area contributed by atoms with E-state index in [2.05, 4.69) is 73.6 Å². The maximum absolute atomic E-state index is 6.03. The third-order valence-electron chi connectivity index (χ3n) is 7.30. The molecule has 0 N–H and O–H groups in total. The number of likely N-dealkylation sites (tertiary alicyclic amines) is 1. The van der Waals surface area contributed by atoms with Crippen molar-refractivity contribution < 1.29 is 0 Å². The fourth-order valence-electron chi connectivity index (χ4n) is 5.53. The van der Waals surface area contributed by atoms with Crippen molar-refractivity contribution in [2.75, 3.05) is 13.1 Å². The Kier molecular flexibility index (Phi) is 5.45. The van der Waals surface area contributed by atoms with Crippen LogP contribution in [0.15, 0.2) is 54.6 Å². The molecular weight excluding hydrogens is 414 g/mol. The van der Waals surface area contributed by atoms with Gasteiger partial charge in [0.15, 0.2) is 5.82 Å². The first kappa shape index (κ1) is 20.3. The summed E-state index contributed by atoms with van der Waals surface area (Å²) in [6.07, 6.45) is 7.50. The van der Waals surface area contributed by atoms with Gasteiger partial charge in [-0.15, -0.1) is 0 Å². The highest BCUT2D eigenvalue weighted by atomic mass is 32.1. The van der Waals surface area contributed by atoms with Crippen LogP contribution >= 0.6 is 12.2 Å². The number of benzene rings is 2. The number of hydrogen-bond acceptors (Lipinski definition) is 4. The average molecular weight is 446 g/mol. The molecule has 1 saturated heterocycles. The standard InChI is InChI=1S/C26H31N5S/c32-26-30(19-29(21-13-14-21)24-15-12-20-8-4-5-11-23(20)24)27-25(18-28-16-6-7-17-28)31(26)22-9-2-1-3-10-22/h1-5,8-11,21,24H,6-7,12-19H2. The van der Waals surface area contributed by atoms with Gasteiger partial charge in [0.05, 0.1) is 13.2 Å². The maximum Gasteiger partial charge on any atom is 0.203 e. The molecule has 1 aromatic heterocycles. The number of aromatic nitrogens is 3. The lowest BCUT2D eigenvalue weighted by Crippen LogP contribution is -2.32. The zero-order chi connectivity index (χ0) is 21.5. The topological polar surface area (TPSA) is 29.2 Å². The van der Waals surface area contributed by atoms with Crippen molar-refractivity contribution in [2.45, 2.75) is 63.8 Å². The van der Waals surface area contributed by atoms with Gasteiger partial charge < -0.3 is 0 Å². The Labute approximate surface area is 195 Å². The molecule has 2 fully saturated rings. The lowest BCUT2D eigenvalue weighted by Gasteiger charge is -2.29. The van der Waals surface area contributed by atoms with Gasteiger partial charge in [-0.25, -0.2) is 4.68 Å². The quantitative estimate of drug-likeness (QED) is 0.473. The third kappa shape index (κ3) is 3.85. The Hall–Kier alpha value is -2.28. The van der Waals surface area contributed by atoms with E-state index in [9.17, 15) is 0 Å². The molecule has 32 heavy (non-hydrogen) atoms. The summed E-state index contributed by atoms with van der Waals surface area (Å²) >= 11 is 6.03. The van der Waals surface area contributed by atoms with Crippen LogP contribution in [0, 0.1) is 4.77 Å². The first-order valence-electron chi connectivity index (χ1n) is 12.1. The van der Waals surface area contributed by atoms with E-state index in [-0.39, 0.29) is 0 Å². The van der Waals surface area contributed by atoms with Crippen LogP contribution in [0.3, 0.4) is 0 Å². The second kappa shape index (κ2) is 8.58. The largest absolute Gasteiger partial charge is 0.296 e. The van der Waals surface area contributed by atoms with Crippen LogP contribution in [-0.4, -0.2) is 43.3 Å². The van der Waals surface area contributed by atoms with Crippen molar-refractivity contribution in [1.29, 1.82) is 0 Å². The van der Waals surface area contributed by atoms with Crippen LogP contribution in [0.2, 0.25) is 0 Å². The highest BCUT2D eigenvalue weighted by Gasteiger charge is 2.38. The van der Waals surface area contributed by atoms with Gasteiger partial charge in [-0.3, -0.25) is 14.4 Å². The summed E-state index contributed by atoms with van der Waals surface area (Å²) < 4.78 is 5.09. The Morgan fingerprint density at radius 1 is 0.938 bits per heavy atom. The van der Waals surface area contributed by atoms with Gasteiger partial charge in [-0.1, -0.05) is 42.5 Å². The van der Waals surface area contributed by atoms with Crippen molar-refractivity contribution >= 4 is 12.2 Å². The molecule has 0 spiro atoms. The molecule has 6 heteroatoms. The Morgan fingerprint density at radius 3 is 2.47 bits per heavy atom. The van der Waals surface area contributed by atoms with Crippen LogP contribution in [0.4, 0.5) is 0 Å². The van der Waals surface area contributed by atoms with Gasteiger partial charge in [-0.05, 0) is 87.1 Å². The zero-order valence-corrected chi connectivity index (χ0v) is 19.4. The molecule has 3 aromatic rings. The fourth-order valence-corrected chi connectivity index (χ4v) is 5.84. The van der Waals surface area contributed by atoms with E-state index in [1.54, 1.807) is 0 Å². The number of fused-ring (bicyclic) bond motifs is 1. The normalized spacial score (nSPS) is 20.8. The number of nitrogens with zero attached hydrogens (tertiary/aromatic N) is 5. The van der Waals surface area contributed by atoms with E-state index < -0.39 is 0 Å². The van der Waals surface area contributed by atoms with Crippen molar-refractivity contribution in [2.24, 2.45) is 0 Å². The molecule has 0 radical (unpaired) electrons. The second-order valence-corrected chi connectivity index (χ2v) is 9.86. The SMILES string of the molecule is S=c1n(CN(C2CC2)C2CCc3ccccc32)nc(CN2CCCC2)n1-c1ccccc1. The lowest BCUT2D eigenvalue weighted by atomic mass is 10.1. The lowest BCUT2D eigenvalue weighted by molar-refractivity contribution is 0.131. The Balaban J connectivity index is 1.35. The number of rotatable bonds is 7. The summed E-state index contributed by atoms with van der Waals surface area (Å²) in [4.78, 5) is 5.18. The number of aryl methyl sites for hydroxylation is 1. The molecule has 1 aliphatic heterocycles. The number of para-hydroxylation sites is 1. The molecular formula is C26H31N5S. The summed E-state index contributed by atoms with van der Waals surface area (Å²) in [7, 11) is 0.